The molecule has 0 aromatic heterocycles. The summed E-state index contributed by atoms with van der Waals surface area (Å²) < 4.78 is 59.0. The van der Waals surface area contributed by atoms with Crippen LogP contribution in [0.25, 0.3) is 0 Å². The van der Waals surface area contributed by atoms with Crippen LogP contribution in [0.5, 0.6) is 0 Å². The Balaban J connectivity index is 1.37. The van der Waals surface area contributed by atoms with Gasteiger partial charge in [0.1, 0.15) is 110 Å². The number of allylic oxidation sites excluding steroid dienone is 1. The minimum atomic E-state index is -3.43. The summed E-state index contributed by atoms with van der Waals surface area (Å²) in [5.74, 6) is -11.9. The Bertz CT molecular complexity index is 2620. The van der Waals surface area contributed by atoms with Gasteiger partial charge in [-0.2, -0.15) is 0 Å². The molecule has 29 unspecified atom stereocenters. The van der Waals surface area contributed by atoms with Crippen molar-refractivity contribution in [2.24, 2.45) is 11.5 Å². The van der Waals surface area contributed by atoms with Gasteiger partial charge in [-0.3, -0.25) is 9.59 Å². The topological polar surface area (TPSA) is 601 Å². The Morgan fingerprint density at radius 2 is 0.955 bits per heavy atom. The maximum Gasteiger partial charge on any atom is 0.364 e. The molecular weight excluding hydrogens is 1460 g/mol. The average Bonchev–Trinajstić information content (AvgIpc) is 0.753. The van der Waals surface area contributed by atoms with Gasteiger partial charge in [-0.05, 0) is 19.3 Å². The van der Waals surface area contributed by atoms with Crippen LogP contribution in [0.4, 0.5) is 0 Å². The Kier molecular flexibility index (Phi) is 44.3. The van der Waals surface area contributed by atoms with Gasteiger partial charge in [0.15, 0.2) is 18.9 Å². The maximum atomic E-state index is 13.9. The largest absolute Gasteiger partial charge is 0.477 e. The zero-order valence-corrected chi connectivity index (χ0v) is 64.1. The Hall–Kier alpha value is -3.50. The van der Waals surface area contributed by atoms with Crippen LogP contribution < -0.4 is 22.1 Å². The number of aliphatic hydroxyl groups is 16. The van der Waals surface area contributed by atoms with E-state index in [1.54, 1.807) is 0 Å². The molecule has 5 rings (SSSR count). The molecule has 24 N–H and O–H groups in total. The number of carboxylic acids is 2. The van der Waals surface area contributed by atoms with E-state index in [-0.39, 0.29) is 12.3 Å². The molecular formula is C74H134N4O32. The first-order valence-electron chi connectivity index (χ1n) is 39.9. The van der Waals surface area contributed by atoms with Crippen LogP contribution in [0.2, 0.25) is 0 Å². The van der Waals surface area contributed by atoms with Crippen LogP contribution in [0, 0.1) is 0 Å². The fourth-order valence-electron chi connectivity index (χ4n) is 14.6. The van der Waals surface area contributed by atoms with Crippen LogP contribution in [-0.4, -0.2) is 332 Å². The summed E-state index contributed by atoms with van der Waals surface area (Å²) in [6, 6.07) is -6.44. The average molecular weight is 1590 g/mol. The Morgan fingerprint density at radius 1 is 0.509 bits per heavy atom. The summed E-state index contributed by atoms with van der Waals surface area (Å²) in [6.07, 6.45) is -16.4. The highest BCUT2D eigenvalue weighted by Crippen LogP contribution is 2.41. The van der Waals surface area contributed by atoms with Gasteiger partial charge in [-0.15, -0.1) is 0 Å². The highest BCUT2D eigenvalue weighted by atomic mass is 16.8. The van der Waals surface area contributed by atoms with Crippen molar-refractivity contribution < 1.29 is 158 Å². The van der Waals surface area contributed by atoms with Crippen molar-refractivity contribution >= 4 is 23.8 Å². The number of carbonyl (C=O) groups is 4. The highest BCUT2D eigenvalue weighted by molar-refractivity contribution is 5.77. The zero-order chi connectivity index (χ0) is 81.3. The van der Waals surface area contributed by atoms with Gasteiger partial charge in [0.05, 0.1) is 76.1 Å². The lowest BCUT2D eigenvalue weighted by Crippen LogP contribution is -2.71. The van der Waals surface area contributed by atoms with Gasteiger partial charge in [0.2, 0.25) is 11.8 Å². The zero-order valence-electron chi connectivity index (χ0n) is 64.1. The summed E-state index contributed by atoms with van der Waals surface area (Å²) >= 11 is 0. The van der Waals surface area contributed by atoms with E-state index in [0.29, 0.717) is 12.8 Å². The molecule has 2 amide bonds. The minimum absolute atomic E-state index is 0.130. The van der Waals surface area contributed by atoms with E-state index in [0.717, 1.165) is 64.7 Å². The van der Waals surface area contributed by atoms with Crippen molar-refractivity contribution in [1.82, 2.24) is 10.6 Å². The SMILES string of the molecule is CCCCCCCCCCCCCC=CC(O)C(COC1OC(CO)C(OC2OC(CO)C(OC3OC(CO)C(O)C(O)C3NC(C)=O)C(OC3(C(=O)O)CC(O)C(N)C(C(O)C(O)COC4(C(=O)O)CC(O)C(N)C(C(O)C(O)CO)O4)O3)C2O)C(O)C1O)NC(=O)CCCCCCCCCCCCCCCCC. The van der Waals surface area contributed by atoms with Crippen molar-refractivity contribution in [2.75, 3.05) is 39.6 Å². The molecule has 29 atom stereocenters. The minimum Gasteiger partial charge on any atom is -0.477 e. The first-order valence-corrected chi connectivity index (χ1v) is 39.9. The Labute approximate surface area is 644 Å². The molecule has 642 valence electrons. The number of unbranched alkanes of at least 4 members (excludes halogenated alkanes) is 25. The number of rotatable bonds is 54. The van der Waals surface area contributed by atoms with E-state index in [4.69, 9.17) is 58.8 Å². The van der Waals surface area contributed by atoms with Gasteiger partial charge in [0, 0.05) is 26.2 Å². The monoisotopic (exact) mass is 1590 g/mol. The first-order chi connectivity index (χ1) is 52.5. The number of hydrogen-bond acceptors (Lipinski definition) is 32. The smallest absolute Gasteiger partial charge is 0.364 e. The number of carboxylic acid groups (broad SMARTS) is 2. The summed E-state index contributed by atoms with van der Waals surface area (Å²) in [5.41, 5.74) is 12.2. The van der Waals surface area contributed by atoms with Crippen LogP contribution >= 0.6 is 0 Å². The van der Waals surface area contributed by atoms with Crippen LogP contribution in [-0.2, 0) is 66.5 Å². The normalized spacial score (nSPS) is 34.6. The van der Waals surface area contributed by atoms with Gasteiger partial charge in [0.25, 0.3) is 11.6 Å². The second-order valence-corrected chi connectivity index (χ2v) is 30.2. The quantitative estimate of drug-likeness (QED) is 0.0230. The van der Waals surface area contributed by atoms with Gasteiger partial charge in [-0.1, -0.05) is 180 Å². The molecule has 0 aliphatic carbocycles. The Morgan fingerprint density at radius 3 is 1.45 bits per heavy atom. The van der Waals surface area contributed by atoms with Crippen molar-refractivity contribution in [3.63, 3.8) is 0 Å². The molecule has 5 saturated heterocycles. The van der Waals surface area contributed by atoms with E-state index in [2.05, 4.69) is 24.5 Å². The van der Waals surface area contributed by atoms with E-state index >= 15 is 0 Å². The number of nitrogens with one attached hydrogen (secondary N) is 2. The lowest BCUT2D eigenvalue weighted by molar-refractivity contribution is -0.400. The van der Waals surface area contributed by atoms with E-state index in [9.17, 15) is 111 Å². The second-order valence-electron chi connectivity index (χ2n) is 30.2. The third kappa shape index (κ3) is 29.0. The molecule has 0 saturated carbocycles. The fraction of sp³-hybridized carbons (Fsp3) is 0.919. The van der Waals surface area contributed by atoms with Crippen molar-refractivity contribution in [3.8, 4) is 0 Å². The van der Waals surface area contributed by atoms with Crippen molar-refractivity contribution in [2.45, 2.75) is 390 Å². The van der Waals surface area contributed by atoms with Gasteiger partial charge < -0.3 is 161 Å². The second kappa shape index (κ2) is 50.2. The number of amides is 2. The number of hydrogen-bond donors (Lipinski definition) is 22. The number of ether oxygens (including phenoxy) is 10. The standard InChI is InChI=1S/C74H134N4O32/c1-4-6-8-10-12-14-16-18-19-21-23-25-27-29-31-33-52(89)78-43(44(84)32-30-28-26-24-22-20-17-15-13-11-9-7-5-2)40-101-69-61(95)60(94)63(50(38-81)104-69)106-70-62(96)67(64(51(39-82)105-70)107-68-55(77-42(3)83)59(93)58(92)49(37-80)103-68)110-74(72(99)100)35-46(86)54(76)66(109-74)57(91)48(88)41-102-73(71(97)98)34-45(85)53(75)65(108-73)56(90)47(87)36-79/h30,32,43-51,53-70,79-82,84-88,90-96H,4-29,31,33-41,75-76H2,1-3H3,(H,77,83)(H,78,89)(H,97,98)(H,99,100). The molecule has 0 radical (unpaired) electrons. The lowest BCUT2D eigenvalue weighted by atomic mass is 9.88. The molecule has 5 aliphatic heterocycles. The summed E-state index contributed by atoms with van der Waals surface area (Å²) in [7, 11) is 0. The predicted molar refractivity (Wildman–Crippen MR) is 388 cm³/mol. The van der Waals surface area contributed by atoms with Crippen molar-refractivity contribution in [3.05, 3.63) is 12.2 Å². The van der Waals surface area contributed by atoms with E-state index in [1.165, 1.54) is 109 Å². The first kappa shape index (κ1) is 97.1. The summed E-state index contributed by atoms with van der Waals surface area (Å²) in [4.78, 5) is 52.8. The predicted octanol–water partition coefficient (Wildman–Crippen LogP) is -2.05. The molecule has 0 aromatic carbocycles. The van der Waals surface area contributed by atoms with E-state index in [1.807, 2.05) is 6.08 Å². The fourth-order valence-corrected chi connectivity index (χ4v) is 14.6. The number of carbonyl (C=O) groups excluding carboxylic acids is 2. The third-order valence-corrected chi connectivity index (χ3v) is 21.3. The van der Waals surface area contributed by atoms with Crippen molar-refractivity contribution in [1.29, 1.82) is 0 Å². The van der Waals surface area contributed by atoms with Gasteiger partial charge >= 0.3 is 11.9 Å². The number of nitrogens with two attached hydrogens (primary N) is 2. The molecule has 5 heterocycles. The highest BCUT2D eigenvalue weighted by Gasteiger charge is 2.62. The number of aliphatic hydroxyl groups excluding tert-OH is 16. The van der Waals surface area contributed by atoms with Crippen LogP contribution in [0.15, 0.2) is 12.2 Å². The molecule has 36 heteroatoms. The lowest BCUT2D eigenvalue weighted by Gasteiger charge is -2.52. The van der Waals surface area contributed by atoms with Gasteiger partial charge in [-0.25, -0.2) is 9.59 Å². The van der Waals surface area contributed by atoms with Crippen LogP contribution in [0.1, 0.15) is 213 Å². The summed E-state index contributed by atoms with van der Waals surface area (Å²) in [5, 5.41) is 205. The molecule has 5 fully saturated rings. The molecule has 110 heavy (non-hydrogen) atoms. The molecule has 36 nitrogen and oxygen atoms in total. The molecule has 0 aromatic rings. The molecule has 0 spiro atoms. The van der Waals surface area contributed by atoms with Crippen LogP contribution in [0.3, 0.4) is 0 Å². The summed E-state index contributed by atoms with van der Waals surface area (Å²) in [6.45, 7) is -0.837. The number of aliphatic carboxylic acids is 2. The maximum absolute atomic E-state index is 13.9. The third-order valence-electron chi connectivity index (χ3n) is 21.3. The molecule has 0 bridgehead atoms. The molecule has 5 aliphatic rings. The van der Waals surface area contributed by atoms with E-state index < -0.39 is 247 Å².